The number of halogens is 5. The molecular formula is C28H45F5N4O3. The van der Waals surface area contributed by atoms with Crippen LogP contribution < -0.4 is 5.32 Å². The van der Waals surface area contributed by atoms with Crippen molar-refractivity contribution in [3.63, 3.8) is 0 Å². The molecule has 0 spiro atoms. The number of carbonyl (C=O) groups excluding carboxylic acids is 2. The van der Waals surface area contributed by atoms with Crippen molar-refractivity contribution in [1.82, 2.24) is 15.1 Å². The molecule has 12 heteroatoms. The number of amides is 1. The highest BCUT2D eigenvalue weighted by Crippen LogP contribution is 2.38. The van der Waals surface area contributed by atoms with Gasteiger partial charge in [0.2, 0.25) is 5.91 Å². The Balaban J connectivity index is 0.000000639. The quantitative estimate of drug-likeness (QED) is 0.203. The van der Waals surface area contributed by atoms with Crippen LogP contribution in [0.5, 0.6) is 0 Å². The minimum Gasteiger partial charge on any atom is -0.396 e. The van der Waals surface area contributed by atoms with Gasteiger partial charge in [-0.15, -0.1) is 0 Å². The molecule has 7 nitrogen and oxygen atoms in total. The summed E-state index contributed by atoms with van der Waals surface area (Å²) in [6.45, 7) is 11.6. The van der Waals surface area contributed by atoms with Gasteiger partial charge in [-0.2, -0.15) is 13.2 Å². The highest BCUT2D eigenvalue weighted by atomic mass is 19.4. The first-order valence-corrected chi connectivity index (χ1v) is 13.1. The molecule has 2 rings (SSSR count). The predicted octanol–water partition coefficient (Wildman–Crippen LogP) is 4.53. The topological polar surface area (TPSA) is 96.7 Å². The Morgan fingerprint density at radius 2 is 1.75 bits per heavy atom. The van der Waals surface area contributed by atoms with Gasteiger partial charge in [-0.25, -0.2) is 8.78 Å². The second-order valence-corrected chi connectivity index (χ2v) is 11.0. The summed E-state index contributed by atoms with van der Waals surface area (Å²) in [6, 6.07) is 3.47. The van der Waals surface area contributed by atoms with E-state index in [9.17, 15) is 36.6 Å². The van der Waals surface area contributed by atoms with E-state index in [1.807, 2.05) is 6.92 Å². The van der Waals surface area contributed by atoms with Crippen LogP contribution in [0.15, 0.2) is 18.2 Å². The summed E-state index contributed by atoms with van der Waals surface area (Å²) < 4.78 is 59.8. The Kier molecular flexibility index (Phi) is 15.7. The van der Waals surface area contributed by atoms with Crippen LogP contribution in [-0.2, 0) is 16.1 Å². The van der Waals surface area contributed by atoms with Gasteiger partial charge >= 0.3 is 6.18 Å². The lowest BCUT2D eigenvalue weighted by molar-refractivity contribution is -0.203. The molecule has 0 bridgehead atoms. The Labute approximate surface area is 234 Å². The van der Waals surface area contributed by atoms with Crippen molar-refractivity contribution in [3.05, 3.63) is 35.4 Å². The molecule has 0 aromatic heterocycles. The fraction of sp³-hybridized carbons (Fsp3) is 0.679. The zero-order valence-electron chi connectivity index (χ0n) is 24.5. The maximum atomic E-state index is 12.5. The molecule has 1 amide bonds. The Morgan fingerprint density at radius 3 is 2.08 bits per heavy atom. The molecule has 1 fully saturated rings. The van der Waals surface area contributed by atoms with Gasteiger partial charge in [-0.3, -0.25) is 4.79 Å². The number of nitrogens with one attached hydrogen (secondary N) is 2. The van der Waals surface area contributed by atoms with Crippen molar-refractivity contribution < 1.29 is 36.6 Å². The number of hydrogen-bond acceptors (Lipinski definition) is 6. The van der Waals surface area contributed by atoms with Crippen molar-refractivity contribution in [3.8, 4) is 0 Å². The van der Waals surface area contributed by atoms with Crippen LogP contribution in [0, 0.1) is 39.7 Å². The third kappa shape index (κ3) is 12.0. The fourth-order valence-corrected chi connectivity index (χ4v) is 4.18. The molecule has 0 saturated carbocycles. The second-order valence-electron chi connectivity index (χ2n) is 11.0. The molecule has 1 unspecified atom stereocenters. The van der Waals surface area contributed by atoms with E-state index < -0.39 is 23.2 Å². The van der Waals surface area contributed by atoms with E-state index >= 15 is 0 Å². The molecular weight excluding hydrogens is 535 g/mol. The SMILES string of the molecule is CC(C)(C=O)C(F)(F)F.CCN(CC[C@@H](CO)C1(C)CN(C)C1)C(=O)C(C)C=N.CNCc1cc(F)cc(F)c1. The Hall–Kier alpha value is -2.44. The number of likely N-dealkylation sites (tertiary alicyclic amines) is 1. The largest absolute Gasteiger partial charge is 0.400 e. The average Bonchev–Trinajstić information content (AvgIpc) is 2.84. The summed E-state index contributed by atoms with van der Waals surface area (Å²) in [4.78, 5) is 25.9. The summed E-state index contributed by atoms with van der Waals surface area (Å²) in [6.07, 6.45) is -2.51. The van der Waals surface area contributed by atoms with Crippen molar-refractivity contribution in [2.45, 2.75) is 53.8 Å². The maximum Gasteiger partial charge on any atom is 0.400 e. The van der Waals surface area contributed by atoms with Crippen molar-refractivity contribution in [2.24, 2.45) is 22.7 Å². The van der Waals surface area contributed by atoms with Gasteiger partial charge in [-0.1, -0.05) is 6.92 Å². The molecule has 230 valence electrons. The number of carbonyl (C=O) groups is 2. The van der Waals surface area contributed by atoms with Crippen LogP contribution in [0.25, 0.3) is 0 Å². The van der Waals surface area contributed by atoms with E-state index in [1.54, 1.807) is 18.9 Å². The minimum atomic E-state index is -4.42. The number of nitrogens with zero attached hydrogens (tertiary/aromatic N) is 2. The Morgan fingerprint density at radius 1 is 1.23 bits per heavy atom. The monoisotopic (exact) mass is 580 g/mol. The third-order valence-electron chi connectivity index (χ3n) is 6.88. The normalized spacial score (nSPS) is 16.2. The van der Waals surface area contributed by atoms with Crippen molar-refractivity contribution in [2.75, 3.05) is 46.9 Å². The predicted molar refractivity (Wildman–Crippen MR) is 146 cm³/mol. The number of aldehydes is 1. The number of hydrogen-bond donors (Lipinski definition) is 3. The van der Waals surface area contributed by atoms with Crippen LogP contribution in [-0.4, -0.2) is 86.4 Å². The summed E-state index contributed by atoms with van der Waals surface area (Å²) >= 11 is 0. The first-order chi connectivity index (χ1) is 18.4. The standard InChI is InChI=1S/C15H29N3O2.C8H9F2N.C5H7F3O/c1-5-18(14(20)12(2)8-16)7-6-13(9-19)15(3)10-17(4)11-15;1-11-5-6-2-7(9)4-8(10)3-6;1-4(2,3-9)5(6,7)8/h8,12-13,16,19H,5-7,9-11H2,1-4H3;2-4,11H,5H2,1H3;3H,1-2H3/t12?,13-;;/m0../s1. The van der Waals surface area contributed by atoms with Crippen LogP contribution in [0.3, 0.4) is 0 Å². The number of aliphatic hydroxyl groups excluding tert-OH is 1. The van der Waals surface area contributed by atoms with Gasteiger partial charge in [0.1, 0.15) is 23.3 Å². The van der Waals surface area contributed by atoms with Gasteiger partial charge in [0.25, 0.3) is 0 Å². The van der Waals surface area contributed by atoms with Crippen LogP contribution in [0.4, 0.5) is 22.0 Å². The molecule has 1 aromatic rings. The number of benzene rings is 1. The summed E-state index contributed by atoms with van der Waals surface area (Å²) in [7, 11) is 3.81. The van der Waals surface area contributed by atoms with Crippen molar-refractivity contribution >= 4 is 18.4 Å². The summed E-state index contributed by atoms with van der Waals surface area (Å²) in [5.41, 5.74) is -1.42. The van der Waals surface area contributed by atoms with E-state index in [-0.39, 0.29) is 36.1 Å². The lowest BCUT2D eigenvalue weighted by atomic mass is 9.70. The molecule has 2 atom stereocenters. The summed E-state index contributed by atoms with van der Waals surface area (Å²) in [5, 5.41) is 19.6. The van der Waals surface area contributed by atoms with Gasteiger partial charge < -0.3 is 30.4 Å². The van der Waals surface area contributed by atoms with Crippen molar-refractivity contribution in [1.29, 1.82) is 5.41 Å². The number of aliphatic hydroxyl groups is 1. The molecule has 1 aliphatic rings. The first-order valence-electron chi connectivity index (χ1n) is 13.1. The zero-order chi connectivity index (χ0) is 31.3. The third-order valence-corrected chi connectivity index (χ3v) is 6.88. The fourth-order valence-electron chi connectivity index (χ4n) is 4.18. The molecule has 1 aliphatic heterocycles. The van der Waals surface area contributed by atoms with E-state index in [1.165, 1.54) is 18.3 Å². The lowest BCUT2D eigenvalue weighted by Crippen LogP contribution is -2.57. The van der Waals surface area contributed by atoms with Gasteiger partial charge in [0.15, 0.2) is 0 Å². The zero-order valence-corrected chi connectivity index (χ0v) is 24.5. The molecule has 1 saturated heterocycles. The minimum absolute atomic E-state index is 0.00932. The van der Waals surface area contributed by atoms with Gasteiger partial charge in [0, 0.05) is 51.6 Å². The van der Waals surface area contributed by atoms with Crippen LogP contribution >= 0.6 is 0 Å². The van der Waals surface area contributed by atoms with E-state index in [0.29, 0.717) is 25.2 Å². The van der Waals surface area contributed by atoms with Gasteiger partial charge in [-0.05, 0) is 77.2 Å². The first kappa shape index (κ1) is 37.6. The van der Waals surface area contributed by atoms with E-state index in [2.05, 4.69) is 24.2 Å². The molecule has 40 heavy (non-hydrogen) atoms. The number of alkyl halides is 3. The van der Waals surface area contributed by atoms with Gasteiger partial charge in [0.05, 0.1) is 5.92 Å². The van der Waals surface area contributed by atoms with E-state index in [0.717, 1.165) is 39.4 Å². The van der Waals surface area contributed by atoms with Crippen LogP contribution in [0.2, 0.25) is 0 Å². The molecule has 0 aliphatic carbocycles. The molecule has 3 N–H and O–H groups in total. The maximum absolute atomic E-state index is 12.5. The second kappa shape index (κ2) is 16.7. The molecule has 1 heterocycles. The van der Waals surface area contributed by atoms with Crippen LogP contribution in [0.1, 0.15) is 46.6 Å². The Bertz CT molecular complexity index is 917. The lowest BCUT2D eigenvalue weighted by Gasteiger charge is -2.51. The average molecular weight is 581 g/mol. The molecule has 0 radical (unpaired) electrons. The highest BCUT2D eigenvalue weighted by Gasteiger charge is 2.47. The number of rotatable bonds is 11. The smallest absolute Gasteiger partial charge is 0.396 e. The highest BCUT2D eigenvalue weighted by molar-refractivity contribution is 5.91. The van der Waals surface area contributed by atoms with E-state index in [4.69, 9.17) is 5.41 Å². The molecule has 1 aromatic carbocycles. The summed E-state index contributed by atoms with van der Waals surface area (Å²) in [5.74, 6) is -1.18.